The largest absolute Gasteiger partial charge is 0.437 e. The molecule has 1 aliphatic rings. The number of rotatable bonds is 7. The van der Waals surface area contributed by atoms with E-state index in [1.54, 1.807) is 17.4 Å². The van der Waals surface area contributed by atoms with E-state index in [0.717, 1.165) is 65.1 Å². The number of hydrogen-bond acceptors (Lipinski definition) is 7. The van der Waals surface area contributed by atoms with E-state index in [1.807, 2.05) is 43.5 Å². The molecule has 6 nitrogen and oxygen atoms in total. The lowest BCUT2D eigenvalue weighted by molar-refractivity contribution is 0.210. The number of allylic oxidation sites excluding steroid dienone is 1. The molecule has 2 aromatic heterocycles. The summed E-state index contributed by atoms with van der Waals surface area (Å²) in [5.41, 5.74) is 6.61. The Bertz CT molecular complexity index is 1450. The van der Waals surface area contributed by atoms with Crippen LogP contribution < -0.4 is 10.1 Å². The van der Waals surface area contributed by atoms with Gasteiger partial charge in [0.2, 0.25) is 11.8 Å². The summed E-state index contributed by atoms with van der Waals surface area (Å²) >= 11 is 1.58. The van der Waals surface area contributed by atoms with Gasteiger partial charge in [-0.15, -0.1) is 11.3 Å². The number of nitrogens with zero attached hydrogens (tertiary/aromatic N) is 4. The fourth-order valence-corrected chi connectivity index (χ4v) is 5.64. The van der Waals surface area contributed by atoms with E-state index in [-0.39, 0.29) is 0 Å². The van der Waals surface area contributed by atoms with Gasteiger partial charge in [-0.05, 0) is 91.1 Å². The maximum absolute atomic E-state index is 8.84. The van der Waals surface area contributed by atoms with Crippen molar-refractivity contribution in [2.24, 2.45) is 0 Å². The fraction of sp³-hybridized carbons (Fsp3) is 0.300. The van der Waals surface area contributed by atoms with E-state index in [0.29, 0.717) is 17.9 Å². The molecule has 0 aliphatic carbocycles. The van der Waals surface area contributed by atoms with Crippen LogP contribution in [0.4, 0.5) is 5.95 Å². The summed E-state index contributed by atoms with van der Waals surface area (Å²) in [4.78, 5) is 12.1. The minimum Gasteiger partial charge on any atom is -0.437 e. The number of nitriles is 1. The summed E-state index contributed by atoms with van der Waals surface area (Å²) in [5.74, 6) is 1.98. The molecule has 0 spiro atoms. The molecule has 7 heteroatoms. The topological polar surface area (TPSA) is 74.1 Å². The summed E-state index contributed by atoms with van der Waals surface area (Å²) in [5, 5.41) is 14.4. The van der Waals surface area contributed by atoms with E-state index < -0.39 is 0 Å². The standard InChI is InChI=1S/C30H31N5OS/c1-20-7-4-5-9-24(20)19-35-14-10-25(11-15-35)32-30-33-26-12-16-37-28(26)29(34-30)36-27-21(2)17-23(8-6-13-31)18-22(27)3/h4-9,12,16-18,25H,10-11,14-15,19H2,1-3H3,(H,32,33,34)/b8-6+. The van der Waals surface area contributed by atoms with Crippen molar-refractivity contribution < 1.29 is 4.74 Å². The lowest BCUT2D eigenvalue weighted by Gasteiger charge is -2.32. The van der Waals surface area contributed by atoms with Crippen molar-refractivity contribution in [3.8, 4) is 17.7 Å². The van der Waals surface area contributed by atoms with Gasteiger partial charge in [-0.3, -0.25) is 4.90 Å². The Morgan fingerprint density at radius 1 is 1.08 bits per heavy atom. The van der Waals surface area contributed by atoms with Gasteiger partial charge in [0.15, 0.2) is 0 Å². The van der Waals surface area contributed by atoms with Crippen molar-refractivity contribution in [2.75, 3.05) is 18.4 Å². The molecule has 2 aromatic carbocycles. The summed E-state index contributed by atoms with van der Waals surface area (Å²) in [6, 6.07) is 17.1. The molecule has 0 bridgehead atoms. The average Bonchev–Trinajstić information content (AvgIpc) is 3.36. The van der Waals surface area contributed by atoms with Crippen LogP contribution in [0.25, 0.3) is 16.3 Å². The highest BCUT2D eigenvalue weighted by Crippen LogP contribution is 2.36. The Morgan fingerprint density at radius 3 is 2.57 bits per heavy atom. The summed E-state index contributed by atoms with van der Waals surface area (Å²) in [7, 11) is 0. The molecule has 37 heavy (non-hydrogen) atoms. The number of hydrogen-bond donors (Lipinski definition) is 1. The highest BCUT2D eigenvalue weighted by molar-refractivity contribution is 7.17. The molecule has 1 fully saturated rings. The molecule has 1 N–H and O–H groups in total. The lowest BCUT2D eigenvalue weighted by atomic mass is 10.0. The predicted molar refractivity (Wildman–Crippen MR) is 151 cm³/mol. The molecule has 0 radical (unpaired) electrons. The quantitative estimate of drug-likeness (QED) is 0.270. The van der Waals surface area contributed by atoms with Crippen molar-refractivity contribution in [1.29, 1.82) is 5.26 Å². The van der Waals surface area contributed by atoms with E-state index in [4.69, 9.17) is 20.0 Å². The molecule has 188 valence electrons. The fourth-order valence-electron chi connectivity index (χ4n) is 4.89. The van der Waals surface area contributed by atoms with Gasteiger partial charge in [0.25, 0.3) is 0 Å². The first-order valence-electron chi connectivity index (χ1n) is 12.6. The summed E-state index contributed by atoms with van der Waals surface area (Å²) in [6.45, 7) is 9.30. The van der Waals surface area contributed by atoms with Crippen molar-refractivity contribution >= 4 is 33.6 Å². The van der Waals surface area contributed by atoms with Gasteiger partial charge in [-0.25, -0.2) is 4.98 Å². The van der Waals surface area contributed by atoms with Gasteiger partial charge in [0.1, 0.15) is 10.4 Å². The van der Waals surface area contributed by atoms with Crippen molar-refractivity contribution in [1.82, 2.24) is 14.9 Å². The van der Waals surface area contributed by atoms with Crippen LogP contribution in [0.1, 0.15) is 40.7 Å². The molecule has 0 atom stereocenters. The molecule has 1 aliphatic heterocycles. The molecule has 1 saturated heterocycles. The van der Waals surface area contributed by atoms with Gasteiger partial charge in [0.05, 0.1) is 11.6 Å². The Kier molecular flexibility index (Phi) is 7.50. The summed E-state index contributed by atoms with van der Waals surface area (Å²) < 4.78 is 7.35. The summed E-state index contributed by atoms with van der Waals surface area (Å²) in [6.07, 6.45) is 5.38. The van der Waals surface area contributed by atoms with Crippen molar-refractivity contribution in [3.63, 3.8) is 0 Å². The zero-order valence-electron chi connectivity index (χ0n) is 21.5. The van der Waals surface area contributed by atoms with Crippen molar-refractivity contribution in [2.45, 2.75) is 46.2 Å². The Morgan fingerprint density at radius 2 is 1.84 bits per heavy atom. The number of aryl methyl sites for hydroxylation is 3. The Balaban J connectivity index is 1.30. The van der Waals surface area contributed by atoms with Crippen LogP contribution in [-0.2, 0) is 6.54 Å². The number of likely N-dealkylation sites (tertiary alicyclic amines) is 1. The average molecular weight is 510 g/mol. The van der Waals surface area contributed by atoms with Crippen LogP contribution in [0.2, 0.25) is 0 Å². The SMILES string of the molecule is Cc1ccccc1CN1CCC(Nc2nc(Oc3c(C)cc(/C=C/C#N)cc3C)c3sccc3n2)CC1. The predicted octanol–water partition coefficient (Wildman–Crippen LogP) is 7.02. The van der Waals surface area contributed by atoms with Crippen LogP contribution >= 0.6 is 11.3 Å². The highest BCUT2D eigenvalue weighted by atomic mass is 32.1. The van der Waals surface area contributed by atoms with Crippen LogP contribution in [0, 0.1) is 32.1 Å². The third kappa shape index (κ3) is 5.82. The molecule has 5 rings (SSSR count). The third-order valence-electron chi connectivity index (χ3n) is 6.88. The zero-order valence-corrected chi connectivity index (χ0v) is 22.3. The molecular weight excluding hydrogens is 478 g/mol. The number of aromatic nitrogens is 2. The first-order chi connectivity index (χ1) is 18.0. The Hall–Kier alpha value is -3.73. The molecule has 0 unspecified atom stereocenters. The number of ether oxygens (including phenoxy) is 1. The molecule has 0 amide bonds. The van der Waals surface area contributed by atoms with Crippen molar-refractivity contribution in [3.05, 3.63) is 81.7 Å². The minimum atomic E-state index is 0.326. The number of anilines is 1. The maximum Gasteiger partial charge on any atom is 0.242 e. The molecule has 0 saturated carbocycles. The first kappa shape index (κ1) is 24.9. The van der Waals surface area contributed by atoms with E-state index in [2.05, 4.69) is 41.4 Å². The minimum absolute atomic E-state index is 0.326. The number of piperidine rings is 1. The number of thiophene rings is 1. The number of nitrogens with one attached hydrogen (secondary N) is 1. The van der Waals surface area contributed by atoms with Crippen LogP contribution in [0.15, 0.2) is 53.9 Å². The van der Waals surface area contributed by atoms with Gasteiger partial charge in [-0.1, -0.05) is 24.3 Å². The van der Waals surface area contributed by atoms with Crippen LogP contribution in [0.3, 0.4) is 0 Å². The third-order valence-corrected chi connectivity index (χ3v) is 7.77. The smallest absolute Gasteiger partial charge is 0.242 e. The first-order valence-corrected chi connectivity index (χ1v) is 13.5. The Labute approximate surface area is 222 Å². The second-order valence-electron chi connectivity index (χ2n) is 9.66. The van der Waals surface area contributed by atoms with E-state index in [9.17, 15) is 0 Å². The second kappa shape index (κ2) is 11.1. The number of fused-ring (bicyclic) bond motifs is 1. The number of benzene rings is 2. The zero-order chi connectivity index (χ0) is 25.8. The normalized spacial score (nSPS) is 14.8. The second-order valence-corrected chi connectivity index (χ2v) is 10.6. The molecular formula is C30H31N5OS. The van der Waals surface area contributed by atoms with E-state index >= 15 is 0 Å². The molecule has 3 heterocycles. The highest BCUT2D eigenvalue weighted by Gasteiger charge is 2.22. The van der Waals surface area contributed by atoms with Crippen LogP contribution in [0.5, 0.6) is 11.6 Å². The van der Waals surface area contributed by atoms with Gasteiger partial charge in [-0.2, -0.15) is 10.2 Å². The van der Waals surface area contributed by atoms with Gasteiger partial charge >= 0.3 is 0 Å². The van der Waals surface area contributed by atoms with Gasteiger partial charge < -0.3 is 10.1 Å². The molecule has 4 aromatic rings. The van der Waals surface area contributed by atoms with Crippen LogP contribution in [-0.4, -0.2) is 34.0 Å². The maximum atomic E-state index is 8.84. The van der Waals surface area contributed by atoms with Gasteiger partial charge in [0, 0.05) is 31.8 Å². The van der Waals surface area contributed by atoms with E-state index in [1.165, 1.54) is 17.2 Å². The monoisotopic (exact) mass is 509 g/mol. The lowest BCUT2D eigenvalue weighted by Crippen LogP contribution is -2.39.